The highest BCUT2D eigenvalue weighted by Gasteiger charge is 2.23. The van der Waals surface area contributed by atoms with E-state index in [4.69, 9.17) is 14.5 Å². The van der Waals surface area contributed by atoms with Crippen molar-refractivity contribution in [1.82, 2.24) is 14.5 Å². The van der Waals surface area contributed by atoms with Gasteiger partial charge in [0.1, 0.15) is 5.82 Å². The number of Topliss-reactive ketones (excluding diaryl/α,β-unsaturated/α-hetero) is 1. The number of halogens is 1. The van der Waals surface area contributed by atoms with Crippen molar-refractivity contribution in [3.8, 4) is 11.5 Å². The fourth-order valence-electron chi connectivity index (χ4n) is 5.61. The van der Waals surface area contributed by atoms with E-state index in [-0.39, 0.29) is 36.3 Å². The molecule has 0 unspecified atom stereocenters. The maximum atomic E-state index is 13.8. The van der Waals surface area contributed by atoms with Gasteiger partial charge in [0.25, 0.3) is 11.5 Å². The summed E-state index contributed by atoms with van der Waals surface area (Å²) in [7, 11) is 0. The third-order valence-electron chi connectivity index (χ3n) is 8.14. The van der Waals surface area contributed by atoms with E-state index in [0.717, 1.165) is 36.1 Å². The Morgan fingerprint density at radius 3 is 2.22 bits per heavy atom. The van der Waals surface area contributed by atoms with Crippen LogP contribution in [0.15, 0.2) is 101 Å². The van der Waals surface area contributed by atoms with Crippen LogP contribution in [0.25, 0.3) is 10.9 Å². The molecule has 0 saturated carbocycles. The van der Waals surface area contributed by atoms with Crippen molar-refractivity contribution in [1.29, 1.82) is 0 Å². The van der Waals surface area contributed by atoms with Crippen LogP contribution in [0.2, 0.25) is 0 Å². The lowest BCUT2D eigenvalue weighted by atomic mass is 10.1. The van der Waals surface area contributed by atoms with Crippen LogP contribution in [-0.4, -0.2) is 64.9 Å². The molecule has 0 spiro atoms. The first-order valence-corrected chi connectivity index (χ1v) is 15.9. The number of fused-ring (bicyclic) bond motifs is 2. The van der Waals surface area contributed by atoms with Crippen molar-refractivity contribution in [2.24, 2.45) is 0 Å². The molecule has 1 aromatic heterocycles. The van der Waals surface area contributed by atoms with Gasteiger partial charge in [-0.1, -0.05) is 42.1 Å². The molecule has 46 heavy (non-hydrogen) atoms. The van der Waals surface area contributed by atoms with Gasteiger partial charge in [0.2, 0.25) is 6.79 Å². The SMILES string of the molecule is O=C(CSc1nc2cc3c(cc2c(=O)n1Cc1ccc(C(=O)N2CCN(c4ccccc4)CC2)cc1)OCO3)c1ccc(F)cc1. The van der Waals surface area contributed by atoms with E-state index in [2.05, 4.69) is 17.0 Å². The summed E-state index contributed by atoms with van der Waals surface area (Å²) in [6, 6.07) is 26.1. The van der Waals surface area contributed by atoms with Gasteiger partial charge in [-0.25, -0.2) is 9.37 Å². The van der Waals surface area contributed by atoms with Gasteiger partial charge in [0.15, 0.2) is 22.4 Å². The Hall–Kier alpha value is -5.16. The first kappa shape index (κ1) is 29.5. The van der Waals surface area contributed by atoms with Crippen molar-refractivity contribution in [2.45, 2.75) is 11.7 Å². The van der Waals surface area contributed by atoms with Crippen LogP contribution < -0.4 is 19.9 Å². The van der Waals surface area contributed by atoms with Gasteiger partial charge in [-0.05, 0) is 60.2 Å². The maximum absolute atomic E-state index is 13.8. The lowest BCUT2D eigenvalue weighted by Crippen LogP contribution is -2.48. The summed E-state index contributed by atoms with van der Waals surface area (Å²) >= 11 is 1.13. The molecule has 0 aliphatic carbocycles. The normalized spacial score (nSPS) is 14.1. The zero-order valence-electron chi connectivity index (χ0n) is 24.7. The quantitative estimate of drug-likeness (QED) is 0.130. The first-order valence-electron chi connectivity index (χ1n) is 14.9. The number of piperazine rings is 1. The second-order valence-electron chi connectivity index (χ2n) is 11.0. The molecule has 2 aliphatic rings. The van der Waals surface area contributed by atoms with Crippen molar-refractivity contribution < 1.29 is 23.5 Å². The second kappa shape index (κ2) is 12.7. The number of hydrogen-bond donors (Lipinski definition) is 0. The summed E-state index contributed by atoms with van der Waals surface area (Å²) in [4.78, 5) is 48.9. The van der Waals surface area contributed by atoms with Crippen LogP contribution >= 0.6 is 11.8 Å². The predicted octanol–water partition coefficient (Wildman–Crippen LogP) is 5.25. The first-order chi connectivity index (χ1) is 22.4. The Balaban J connectivity index is 1.11. The molecule has 9 nitrogen and oxygen atoms in total. The molecule has 1 amide bonds. The number of anilines is 1. The molecule has 232 valence electrons. The minimum Gasteiger partial charge on any atom is -0.454 e. The van der Waals surface area contributed by atoms with E-state index in [1.165, 1.54) is 28.8 Å². The fraction of sp³-hybridized carbons (Fsp3) is 0.200. The van der Waals surface area contributed by atoms with E-state index < -0.39 is 5.82 Å². The average molecular weight is 637 g/mol. The van der Waals surface area contributed by atoms with E-state index in [0.29, 0.717) is 51.8 Å². The monoisotopic (exact) mass is 636 g/mol. The molecule has 5 aromatic rings. The van der Waals surface area contributed by atoms with Gasteiger partial charge in [-0.3, -0.25) is 19.0 Å². The maximum Gasteiger partial charge on any atom is 0.262 e. The van der Waals surface area contributed by atoms with Crippen molar-refractivity contribution in [3.63, 3.8) is 0 Å². The molecule has 4 aromatic carbocycles. The molecule has 11 heteroatoms. The number of thioether (sulfide) groups is 1. The van der Waals surface area contributed by atoms with Gasteiger partial charge < -0.3 is 19.3 Å². The number of ether oxygens (including phenoxy) is 2. The summed E-state index contributed by atoms with van der Waals surface area (Å²) in [5.41, 5.74) is 3.02. The number of carbonyl (C=O) groups excluding carboxylic acids is 2. The third kappa shape index (κ3) is 6.05. The van der Waals surface area contributed by atoms with Crippen molar-refractivity contribution in [3.05, 3.63) is 124 Å². The number of hydrogen-bond acceptors (Lipinski definition) is 8. The van der Waals surface area contributed by atoms with E-state index in [1.54, 1.807) is 24.3 Å². The van der Waals surface area contributed by atoms with Crippen LogP contribution in [0.5, 0.6) is 11.5 Å². The molecular weight excluding hydrogens is 607 g/mol. The number of amides is 1. The van der Waals surface area contributed by atoms with Gasteiger partial charge in [-0.2, -0.15) is 0 Å². The van der Waals surface area contributed by atoms with Gasteiger partial charge >= 0.3 is 0 Å². The van der Waals surface area contributed by atoms with Crippen molar-refractivity contribution in [2.75, 3.05) is 43.6 Å². The lowest BCUT2D eigenvalue weighted by molar-refractivity contribution is 0.0746. The molecule has 0 bridgehead atoms. The van der Waals surface area contributed by atoms with Crippen LogP contribution in [0, 0.1) is 5.82 Å². The standard InChI is InChI=1S/C35H29FN4O5S/c36-26-12-10-24(11-13-26)30(41)21-46-35-37-29-19-32-31(44-22-45-32)18-28(29)34(43)40(35)20-23-6-8-25(9-7-23)33(42)39-16-14-38(15-17-39)27-4-2-1-3-5-27/h1-13,18-19H,14-17,20-22H2. The number of rotatable bonds is 8. The molecule has 0 atom stereocenters. The van der Waals surface area contributed by atoms with Crippen LogP contribution in [0.4, 0.5) is 10.1 Å². The molecule has 3 heterocycles. The minimum absolute atomic E-state index is 0.000887. The number of carbonyl (C=O) groups is 2. The topological polar surface area (TPSA) is 94.0 Å². The zero-order valence-corrected chi connectivity index (χ0v) is 25.5. The van der Waals surface area contributed by atoms with Gasteiger partial charge in [-0.15, -0.1) is 0 Å². The minimum atomic E-state index is -0.425. The second-order valence-corrected chi connectivity index (χ2v) is 12.0. The van der Waals surface area contributed by atoms with Crippen LogP contribution in [-0.2, 0) is 6.54 Å². The summed E-state index contributed by atoms with van der Waals surface area (Å²) < 4.78 is 25.9. The van der Waals surface area contributed by atoms with Crippen LogP contribution in [0.3, 0.4) is 0 Å². The summed E-state index contributed by atoms with van der Waals surface area (Å²) in [6.07, 6.45) is 0. The Morgan fingerprint density at radius 1 is 0.826 bits per heavy atom. The number of benzene rings is 4. The summed E-state index contributed by atoms with van der Waals surface area (Å²) in [5, 5.41) is 0.711. The lowest BCUT2D eigenvalue weighted by Gasteiger charge is -2.36. The highest BCUT2D eigenvalue weighted by Crippen LogP contribution is 2.35. The summed E-state index contributed by atoms with van der Waals surface area (Å²) in [5.74, 6) is 0.291. The molecule has 0 N–H and O–H groups in total. The number of ketones is 1. The summed E-state index contributed by atoms with van der Waals surface area (Å²) in [6.45, 7) is 3.01. The van der Waals surface area contributed by atoms with E-state index in [9.17, 15) is 18.8 Å². The molecule has 0 radical (unpaired) electrons. The molecule has 1 saturated heterocycles. The zero-order chi connectivity index (χ0) is 31.6. The fourth-order valence-corrected chi connectivity index (χ4v) is 6.51. The number of aromatic nitrogens is 2. The molecule has 2 aliphatic heterocycles. The highest BCUT2D eigenvalue weighted by molar-refractivity contribution is 7.99. The number of para-hydroxylation sites is 1. The van der Waals surface area contributed by atoms with E-state index >= 15 is 0 Å². The molecule has 1 fully saturated rings. The Labute approximate surface area is 268 Å². The van der Waals surface area contributed by atoms with Gasteiger partial charge in [0.05, 0.1) is 23.2 Å². The Kier molecular flexibility index (Phi) is 8.15. The smallest absolute Gasteiger partial charge is 0.262 e. The Morgan fingerprint density at radius 2 is 1.50 bits per heavy atom. The Bertz CT molecular complexity index is 1980. The highest BCUT2D eigenvalue weighted by atomic mass is 32.2. The van der Waals surface area contributed by atoms with E-state index in [1.807, 2.05) is 35.2 Å². The predicted molar refractivity (Wildman–Crippen MR) is 174 cm³/mol. The van der Waals surface area contributed by atoms with Gasteiger partial charge in [0, 0.05) is 49.1 Å². The largest absolute Gasteiger partial charge is 0.454 e. The third-order valence-corrected chi connectivity index (χ3v) is 9.12. The van der Waals surface area contributed by atoms with Crippen LogP contribution in [0.1, 0.15) is 26.3 Å². The van der Waals surface area contributed by atoms with Crippen molar-refractivity contribution >= 4 is 40.0 Å². The average Bonchev–Trinajstić information content (AvgIpc) is 3.56. The number of nitrogens with zero attached hydrogens (tertiary/aromatic N) is 4. The molecular formula is C35H29FN4O5S. The molecule has 7 rings (SSSR count).